The van der Waals surface area contributed by atoms with Crippen molar-refractivity contribution in [1.29, 1.82) is 0 Å². The smallest absolute Gasteiger partial charge is 0.288 e. The monoisotopic (exact) mass is 401 g/mol. The van der Waals surface area contributed by atoms with Gasteiger partial charge in [-0.3, -0.25) is 4.79 Å². The van der Waals surface area contributed by atoms with Crippen LogP contribution in [0.1, 0.15) is 63.4 Å². The molecule has 0 aliphatic carbocycles. The molecule has 1 aromatic carbocycles. The quantitative estimate of drug-likeness (QED) is 0.743. The van der Waals surface area contributed by atoms with Gasteiger partial charge in [0.15, 0.2) is 5.76 Å². The molecule has 160 valence electrons. The number of aliphatic hydroxyl groups excluding tert-OH is 1. The molecule has 29 heavy (non-hydrogen) atoms. The van der Waals surface area contributed by atoms with Crippen LogP contribution in [0.3, 0.4) is 0 Å². The molecule has 0 aromatic heterocycles. The fourth-order valence-electron chi connectivity index (χ4n) is 4.42. The lowest BCUT2D eigenvalue weighted by atomic mass is 9.80. The summed E-state index contributed by atoms with van der Waals surface area (Å²) in [4.78, 5) is 15.3. The maximum atomic E-state index is 13.3. The first-order chi connectivity index (χ1) is 14.2. The minimum absolute atomic E-state index is 0.0156. The molecule has 0 bridgehead atoms. The number of hydrogen-bond donors (Lipinski definition) is 1. The molecule has 1 amide bonds. The van der Waals surface area contributed by atoms with Crippen molar-refractivity contribution in [2.45, 2.75) is 64.1 Å². The molecule has 0 radical (unpaired) electrons. The van der Waals surface area contributed by atoms with Crippen LogP contribution in [0.5, 0.6) is 0 Å². The second-order valence-corrected chi connectivity index (χ2v) is 8.00. The first-order valence-electron chi connectivity index (χ1n) is 11.2. The van der Waals surface area contributed by atoms with Crippen molar-refractivity contribution in [3.8, 4) is 0 Å². The van der Waals surface area contributed by atoms with Crippen LogP contribution in [-0.2, 0) is 14.3 Å². The Morgan fingerprint density at radius 1 is 1.14 bits per heavy atom. The van der Waals surface area contributed by atoms with Crippen LogP contribution in [0.25, 0.3) is 0 Å². The van der Waals surface area contributed by atoms with Crippen LogP contribution < -0.4 is 0 Å². The van der Waals surface area contributed by atoms with Crippen LogP contribution in [0.15, 0.2) is 42.2 Å². The highest BCUT2D eigenvalue weighted by atomic mass is 16.7. The molecular formula is C24H35NO4. The molecule has 5 nitrogen and oxygen atoms in total. The highest BCUT2D eigenvalue weighted by Crippen LogP contribution is 2.39. The Morgan fingerprint density at radius 3 is 2.48 bits per heavy atom. The van der Waals surface area contributed by atoms with Crippen molar-refractivity contribution in [2.75, 3.05) is 26.3 Å². The molecule has 2 aliphatic rings. The van der Waals surface area contributed by atoms with Crippen LogP contribution in [0, 0.1) is 5.92 Å². The van der Waals surface area contributed by atoms with E-state index in [2.05, 4.69) is 12.1 Å². The van der Waals surface area contributed by atoms with Gasteiger partial charge in [-0.25, -0.2) is 0 Å². The molecule has 1 N–H and O–H groups in total. The Hall–Kier alpha value is -1.85. The average molecular weight is 402 g/mol. The van der Waals surface area contributed by atoms with E-state index in [1.807, 2.05) is 36.1 Å². The summed E-state index contributed by atoms with van der Waals surface area (Å²) in [5.74, 6) is 0.492. The van der Waals surface area contributed by atoms with Gasteiger partial charge in [0.25, 0.3) is 5.91 Å². The van der Waals surface area contributed by atoms with Gasteiger partial charge in [-0.1, -0.05) is 49.6 Å². The molecule has 0 saturated carbocycles. The number of hydrogen-bond acceptors (Lipinski definition) is 4. The molecule has 5 heteroatoms. The summed E-state index contributed by atoms with van der Waals surface area (Å²) < 4.78 is 12.1. The molecular weight excluding hydrogens is 366 g/mol. The number of carbonyl (C=O) groups excluding carboxylic acids is 1. The zero-order valence-electron chi connectivity index (χ0n) is 17.6. The molecule has 1 fully saturated rings. The van der Waals surface area contributed by atoms with E-state index < -0.39 is 6.29 Å². The number of aliphatic hydroxyl groups is 1. The van der Waals surface area contributed by atoms with Gasteiger partial charge in [0.1, 0.15) is 0 Å². The summed E-state index contributed by atoms with van der Waals surface area (Å²) in [6.07, 6.45) is 8.71. The maximum Gasteiger partial charge on any atom is 0.288 e. The molecule has 1 saturated heterocycles. The van der Waals surface area contributed by atoms with Crippen LogP contribution in [0.2, 0.25) is 0 Å². The number of nitrogens with zero attached hydrogens (tertiary/aromatic N) is 1. The first-order valence-corrected chi connectivity index (χ1v) is 11.2. The maximum absolute atomic E-state index is 13.3. The van der Waals surface area contributed by atoms with E-state index in [-0.39, 0.29) is 24.3 Å². The van der Waals surface area contributed by atoms with E-state index in [1.54, 1.807) is 0 Å². The van der Waals surface area contributed by atoms with Gasteiger partial charge in [-0.2, -0.15) is 0 Å². The fraction of sp³-hybridized carbons (Fsp3) is 0.625. The highest BCUT2D eigenvalue weighted by Gasteiger charge is 2.38. The average Bonchev–Trinajstić information content (AvgIpc) is 2.72. The predicted molar refractivity (Wildman–Crippen MR) is 113 cm³/mol. The largest absolute Gasteiger partial charge is 0.459 e. The minimum atomic E-state index is -0.476. The van der Waals surface area contributed by atoms with Gasteiger partial charge in [0.05, 0.1) is 0 Å². The SMILES string of the molecule is CCO[C@@H]1OC(C(=O)N2CCCCCCC2)=C[C@H](c2ccccc2)[C@H]1CCCO. The second-order valence-electron chi connectivity index (χ2n) is 8.00. The van der Waals surface area contributed by atoms with Gasteiger partial charge in [0, 0.05) is 38.1 Å². The lowest BCUT2D eigenvalue weighted by molar-refractivity contribution is -0.170. The first kappa shape index (κ1) is 21.8. The molecule has 2 heterocycles. The number of benzene rings is 1. The lowest BCUT2D eigenvalue weighted by Gasteiger charge is -2.38. The van der Waals surface area contributed by atoms with Gasteiger partial charge in [-0.05, 0) is 44.2 Å². The van der Waals surface area contributed by atoms with E-state index in [9.17, 15) is 9.90 Å². The normalized spacial score (nSPS) is 25.5. The van der Waals surface area contributed by atoms with E-state index in [0.29, 0.717) is 18.8 Å². The summed E-state index contributed by atoms with van der Waals surface area (Å²) in [6, 6.07) is 10.2. The molecule has 0 spiro atoms. The molecule has 1 aromatic rings. The Balaban J connectivity index is 1.88. The van der Waals surface area contributed by atoms with E-state index in [0.717, 1.165) is 37.9 Å². The number of likely N-dealkylation sites (tertiary alicyclic amines) is 1. The van der Waals surface area contributed by atoms with Gasteiger partial charge in [-0.15, -0.1) is 0 Å². The standard InChI is InChI=1S/C24H35NO4/c1-2-28-24-20(14-11-17-26)21(19-12-7-6-8-13-19)18-22(29-24)23(27)25-15-9-4-3-5-10-16-25/h6-8,12-13,18,20-21,24,26H,2-5,9-11,14-17H2,1H3/t20-,21-,24-/m1/s1. The van der Waals surface area contributed by atoms with Crippen molar-refractivity contribution in [3.63, 3.8) is 0 Å². The fourth-order valence-corrected chi connectivity index (χ4v) is 4.42. The van der Waals surface area contributed by atoms with Gasteiger partial charge in [0.2, 0.25) is 6.29 Å². The third-order valence-corrected chi connectivity index (χ3v) is 5.95. The van der Waals surface area contributed by atoms with Crippen LogP contribution >= 0.6 is 0 Å². The molecule has 3 rings (SSSR count). The number of allylic oxidation sites excluding steroid dienone is 1. The summed E-state index contributed by atoms with van der Waals surface area (Å²) in [5.41, 5.74) is 1.15. The van der Waals surface area contributed by atoms with Gasteiger partial charge < -0.3 is 19.5 Å². The Bertz CT molecular complexity index is 652. The molecule has 0 unspecified atom stereocenters. The van der Waals surface area contributed by atoms with Crippen molar-refractivity contribution in [2.24, 2.45) is 5.92 Å². The summed E-state index contributed by atoms with van der Waals surface area (Å²) >= 11 is 0. The lowest BCUT2D eigenvalue weighted by Crippen LogP contribution is -2.41. The zero-order valence-corrected chi connectivity index (χ0v) is 17.6. The van der Waals surface area contributed by atoms with Crippen molar-refractivity contribution in [3.05, 3.63) is 47.7 Å². The number of rotatable bonds is 7. The van der Waals surface area contributed by atoms with Crippen LogP contribution in [-0.4, -0.2) is 48.5 Å². The molecule has 3 atom stereocenters. The topological polar surface area (TPSA) is 59.0 Å². The highest BCUT2D eigenvalue weighted by molar-refractivity contribution is 5.91. The number of amides is 1. The van der Waals surface area contributed by atoms with E-state index in [4.69, 9.17) is 9.47 Å². The third kappa shape index (κ3) is 5.83. The van der Waals surface area contributed by atoms with Crippen LogP contribution in [0.4, 0.5) is 0 Å². The Morgan fingerprint density at radius 2 is 1.83 bits per heavy atom. The summed E-state index contributed by atoms with van der Waals surface area (Å²) in [5, 5.41) is 9.37. The number of ether oxygens (including phenoxy) is 2. The Labute approximate surface area is 174 Å². The van der Waals surface area contributed by atoms with Crippen molar-refractivity contribution >= 4 is 5.91 Å². The summed E-state index contributed by atoms with van der Waals surface area (Å²) in [6.45, 7) is 4.20. The van der Waals surface area contributed by atoms with E-state index >= 15 is 0 Å². The van der Waals surface area contributed by atoms with Gasteiger partial charge >= 0.3 is 0 Å². The van der Waals surface area contributed by atoms with E-state index in [1.165, 1.54) is 19.3 Å². The van der Waals surface area contributed by atoms with Crippen molar-refractivity contribution < 1.29 is 19.4 Å². The Kier molecular flexibility index (Phi) is 8.56. The predicted octanol–water partition coefficient (Wildman–Crippen LogP) is 4.23. The summed E-state index contributed by atoms with van der Waals surface area (Å²) in [7, 11) is 0. The second kappa shape index (κ2) is 11.4. The molecule has 2 aliphatic heterocycles. The zero-order chi connectivity index (χ0) is 20.5. The minimum Gasteiger partial charge on any atom is -0.459 e. The third-order valence-electron chi connectivity index (χ3n) is 5.95. The van der Waals surface area contributed by atoms with Crippen molar-refractivity contribution in [1.82, 2.24) is 4.90 Å². The number of carbonyl (C=O) groups is 1.